The lowest BCUT2D eigenvalue weighted by atomic mass is 10.2. The maximum Gasteiger partial charge on any atom is 0.268 e. The summed E-state index contributed by atoms with van der Waals surface area (Å²) in [5.74, 6) is -0.275. The number of ether oxygens (including phenoxy) is 1. The highest BCUT2D eigenvalue weighted by Crippen LogP contribution is 1.91. The molecule has 0 aromatic carbocycles. The topological polar surface area (TPSA) is 81.2 Å². The third-order valence-corrected chi connectivity index (χ3v) is 2.35. The van der Waals surface area contributed by atoms with Crippen molar-refractivity contribution in [2.24, 2.45) is 0 Å². The average Bonchev–Trinajstić information content (AvgIpc) is 2.23. The first-order valence-electron chi connectivity index (χ1n) is 4.78. The second kappa shape index (κ2) is 4.89. The molecular formula is C10H14N2O4. The molecule has 0 bridgehead atoms. The van der Waals surface area contributed by atoms with Crippen LogP contribution in [0.15, 0.2) is 9.59 Å². The largest absolute Gasteiger partial charge is 0.377 e. The molecule has 1 heterocycles. The van der Waals surface area contributed by atoms with Gasteiger partial charge in [0.2, 0.25) is 0 Å². The van der Waals surface area contributed by atoms with Crippen LogP contribution in [0.4, 0.5) is 0 Å². The Labute approximate surface area is 91.8 Å². The second-order valence-electron chi connectivity index (χ2n) is 3.55. The van der Waals surface area contributed by atoms with Gasteiger partial charge >= 0.3 is 0 Å². The Balaban J connectivity index is 3.12. The standard InChI is InChI=1S/C10H14N2O4/c1-6-7(2)10(15)12(11-9(6)14)4-8(13)5-16-3/h4-5H2,1-3H3,(H,11,14). The van der Waals surface area contributed by atoms with E-state index < -0.39 is 0 Å². The molecule has 0 spiro atoms. The molecule has 0 atom stereocenters. The number of carbonyl (C=O) groups is 1. The third kappa shape index (κ3) is 2.46. The number of aromatic amines is 1. The van der Waals surface area contributed by atoms with Crippen LogP contribution in [0.25, 0.3) is 0 Å². The molecule has 6 heteroatoms. The van der Waals surface area contributed by atoms with Gasteiger partial charge in [0.1, 0.15) is 13.2 Å². The number of H-pyrrole nitrogens is 1. The van der Waals surface area contributed by atoms with E-state index in [1.54, 1.807) is 13.8 Å². The summed E-state index contributed by atoms with van der Waals surface area (Å²) in [4.78, 5) is 34.3. The highest BCUT2D eigenvalue weighted by Gasteiger charge is 2.09. The molecule has 0 aliphatic carbocycles. The van der Waals surface area contributed by atoms with Crippen LogP contribution in [-0.4, -0.2) is 29.3 Å². The van der Waals surface area contributed by atoms with Crippen LogP contribution in [0.2, 0.25) is 0 Å². The Morgan fingerprint density at radius 1 is 1.31 bits per heavy atom. The van der Waals surface area contributed by atoms with Crippen molar-refractivity contribution in [2.75, 3.05) is 13.7 Å². The van der Waals surface area contributed by atoms with E-state index in [4.69, 9.17) is 0 Å². The van der Waals surface area contributed by atoms with E-state index in [2.05, 4.69) is 9.84 Å². The fourth-order valence-corrected chi connectivity index (χ4v) is 1.28. The number of Topliss-reactive ketones (excluding diaryl/α,β-unsaturated/α-hetero) is 1. The van der Waals surface area contributed by atoms with E-state index in [9.17, 15) is 14.4 Å². The summed E-state index contributed by atoms with van der Waals surface area (Å²) in [7, 11) is 1.39. The molecule has 0 saturated heterocycles. The number of rotatable bonds is 4. The zero-order chi connectivity index (χ0) is 12.3. The molecule has 1 N–H and O–H groups in total. The van der Waals surface area contributed by atoms with E-state index >= 15 is 0 Å². The molecule has 0 aliphatic heterocycles. The molecule has 0 fully saturated rings. The van der Waals surface area contributed by atoms with Gasteiger partial charge in [0.15, 0.2) is 5.78 Å². The smallest absolute Gasteiger partial charge is 0.268 e. The lowest BCUT2D eigenvalue weighted by Crippen LogP contribution is -2.35. The first-order chi connectivity index (χ1) is 7.47. The monoisotopic (exact) mass is 226 g/mol. The van der Waals surface area contributed by atoms with Crippen LogP contribution in [0.1, 0.15) is 11.1 Å². The maximum absolute atomic E-state index is 11.7. The van der Waals surface area contributed by atoms with Gasteiger partial charge in [-0.3, -0.25) is 19.5 Å². The molecule has 0 saturated carbocycles. The van der Waals surface area contributed by atoms with Crippen molar-refractivity contribution < 1.29 is 9.53 Å². The number of nitrogens with zero attached hydrogens (tertiary/aromatic N) is 1. The summed E-state index contributed by atoms with van der Waals surface area (Å²) in [5.41, 5.74) is 0.0123. The van der Waals surface area contributed by atoms with Crippen molar-refractivity contribution in [2.45, 2.75) is 20.4 Å². The van der Waals surface area contributed by atoms with Gasteiger partial charge in [-0.15, -0.1) is 0 Å². The number of hydrogen-bond acceptors (Lipinski definition) is 4. The highest BCUT2D eigenvalue weighted by atomic mass is 16.5. The number of nitrogens with one attached hydrogen (secondary N) is 1. The van der Waals surface area contributed by atoms with Gasteiger partial charge in [-0.25, -0.2) is 4.68 Å². The minimum Gasteiger partial charge on any atom is -0.377 e. The van der Waals surface area contributed by atoms with Crippen LogP contribution in [0.3, 0.4) is 0 Å². The Morgan fingerprint density at radius 2 is 1.94 bits per heavy atom. The van der Waals surface area contributed by atoms with Crippen LogP contribution in [-0.2, 0) is 16.1 Å². The molecule has 0 amide bonds. The number of hydrogen-bond donors (Lipinski definition) is 1. The first-order valence-corrected chi connectivity index (χ1v) is 4.78. The van der Waals surface area contributed by atoms with Gasteiger partial charge in [0.05, 0.1) is 0 Å². The van der Waals surface area contributed by atoms with Gasteiger partial charge in [-0.2, -0.15) is 0 Å². The Bertz CT molecular complexity index is 513. The normalized spacial score (nSPS) is 10.4. The van der Waals surface area contributed by atoms with Gasteiger partial charge in [-0.1, -0.05) is 0 Å². The zero-order valence-electron chi connectivity index (χ0n) is 9.49. The Morgan fingerprint density at radius 3 is 2.50 bits per heavy atom. The van der Waals surface area contributed by atoms with E-state index in [0.717, 1.165) is 4.68 Å². The molecule has 1 rings (SSSR count). The molecule has 0 unspecified atom stereocenters. The van der Waals surface area contributed by atoms with Crippen LogP contribution < -0.4 is 11.1 Å². The predicted molar refractivity (Wildman–Crippen MR) is 57.7 cm³/mol. The van der Waals surface area contributed by atoms with Gasteiger partial charge in [0.25, 0.3) is 11.1 Å². The molecule has 0 aliphatic rings. The molecule has 88 valence electrons. The lowest BCUT2D eigenvalue weighted by Gasteiger charge is -2.06. The van der Waals surface area contributed by atoms with E-state index in [-0.39, 0.29) is 30.1 Å². The summed E-state index contributed by atoms with van der Waals surface area (Å²) in [6.45, 7) is 2.87. The van der Waals surface area contributed by atoms with Crippen molar-refractivity contribution >= 4 is 5.78 Å². The minimum absolute atomic E-state index is 0.0819. The van der Waals surface area contributed by atoms with Crippen molar-refractivity contribution in [3.63, 3.8) is 0 Å². The molecular weight excluding hydrogens is 212 g/mol. The number of aromatic nitrogens is 2. The van der Waals surface area contributed by atoms with Gasteiger partial charge in [-0.05, 0) is 13.8 Å². The van der Waals surface area contributed by atoms with Gasteiger partial charge in [0, 0.05) is 18.2 Å². The van der Waals surface area contributed by atoms with Crippen molar-refractivity contribution in [1.29, 1.82) is 0 Å². The predicted octanol–water partition coefficient (Wildman–Crippen LogP) is -0.631. The Hall–Kier alpha value is -1.69. The molecule has 6 nitrogen and oxygen atoms in total. The Kier molecular flexibility index (Phi) is 3.78. The summed E-state index contributed by atoms with van der Waals surface area (Å²) >= 11 is 0. The third-order valence-electron chi connectivity index (χ3n) is 2.35. The van der Waals surface area contributed by atoms with Crippen molar-refractivity contribution in [1.82, 2.24) is 9.78 Å². The fraction of sp³-hybridized carbons (Fsp3) is 0.500. The van der Waals surface area contributed by atoms with Crippen molar-refractivity contribution in [3.05, 3.63) is 31.8 Å². The first kappa shape index (κ1) is 12.4. The fourth-order valence-electron chi connectivity index (χ4n) is 1.28. The quantitative estimate of drug-likeness (QED) is 0.741. The highest BCUT2D eigenvalue weighted by molar-refractivity contribution is 5.79. The average molecular weight is 226 g/mol. The van der Waals surface area contributed by atoms with E-state index in [1.807, 2.05) is 0 Å². The van der Waals surface area contributed by atoms with Gasteiger partial charge < -0.3 is 4.74 Å². The number of ketones is 1. The van der Waals surface area contributed by atoms with Crippen LogP contribution in [0.5, 0.6) is 0 Å². The number of methoxy groups -OCH3 is 1. The summed E-state index contributed by atoms with van der Waals surface area (Å²) in [6.07, 6.45) is 0. The van der Waals surface area contributed by atoms with Crippen LogP contribution >= 0.6 is 0 Å². The zero-order valence-corrected chi connectivity index (χ0v) is 9.49. The summed E-state index contributed by atoms with van der Waals surface area (Å²) < 4.78 is 5.65. The number of carbonyl (C=O) groups excluding carboxylic acids is 1. The maximum atomic E-state index is 11.7. The van der Waals surface area contributed by atoms with E-state index in [1.165, 1.54) is 7.11 Å². The minimum atomic E-state index is -0.360. The van der Waals surface area contributed by atoms with Crippen LogP contribution in [0, 0.1) is 13.8 Å². The summed E-state index contributed by atoms with van der Waals surface area (Å²) in [6, 6.07) is 0. The molecule has 1 aromatic rings. The van der Waals surface area contributed by atoms with Crippen molar-refractivity contribution in [3.8, 4) is 0 Å². The SMILES string of the molecule is COCC(=O)Cn1[nH]c(=O)c(C)c(C)c1=O. The summed E-state index contributed by atoms with van der Waals surface area (Å²) in [5, 5.41) is 2.35. The lowest BCUT2D eigenvalue weighted by molar-refractivity contribution is -0.123. The van der Waals surface area contributed by atoms with E-state index in [0.29, 0.717) is 11.1 Å². The molecule has 0 radical (unpaired) electrons. The molecule has 16 heavy (non-hydrogen) atoms. The second-order valence-corrected chi connectivity index (χ2v) is 3.55. The molecule has 1 aromatic heterocycles.